The van der Waals surface area contributed by atoms with E-state index >= 15 is 0 Å². The van der Waals surface area contributed by atoms with E-state index in [1.807, 2.05) is 44.2 Å². The molecule has 0 heterocycles. The normalized spacial score (nSPS) is 13.1. The Morgan fingerprint density at radius 1 is 0.893 bits per heavy atom. The van der Waals surface area contributed by atoms with Gasteiger partial charge in [-0.05, 0) is 42.7 Å². The van der Waals surface area contributed by atoms with Gasteiger partial charge >= 0.3 is 0 Å². The first-order valence-corrected chi connectivity index (χ1v) is 8.87. The monoisotopic (exact) mass is 382 g/mol. The predicted octanol–water partition coefficient (Wildman–Crippen LogP) is 5.62. The molecular weight excluding hydrogens is 362 g/mol. The number of nitro groups is 1. The Labute approximate surface area is 162 Å². The fourth-order valence-electron chi connectivity index (χ4n) is 3.09. The third kappa shape index (κ3) is 4.40. The molecule has 0 bridgehead atoms. The number of rotatable bonds is 6. The van der Waals surface area contributed by atoms with Gasteiger partial charge in [-0.25, -0.2) is 8.78 Å². The molecule has 0 aliphatic carbocycles. The number of halogens is 2. The van der Waals surface area contributed by atoms with E-state index in [4.69, 9.17) is 0 Å². The lowest BCUT2D eigenvalue weighted by atomic mass is 9.95. The molecule has 3 rings (SSSR count). The molecule has 0 radical (unpaired) electrons. The first-order valence-electron chi connectivity index (χ1n) is 8.87. The topological polar surface area (TPSA) is 55.2 Å². The molecule has 4 nitrogen and oxygen atoms in total. The van der Waals surface area contributed by atoms with Crippen molar-refractivity contribution in [2.45, 2.75) is 25.9 Å². The molecule has 6 heteroatoms. The molecule has 0 aliphatic heterocycles. The number of hydrogen-bond donors (Lipinski definition) is 1. The average molecular weight is 382 g/mol. The van der Waals surface area contributed by atoms with Crippen molar-refractivity contribution in [1.29, 1.82) is 0 Å². The standard InChI is InChI=1S/C22H20F2N2O2/c1-14-6-8-16(9-7-14)22(18-4-3-5-19(12-18)26(27)28)25-15(2)17-10-11-20(23)21(24)13-17/h3-13,15,22,25H,1-2H3/t15-,22?/m1/s1. The van der Waals surface area contributed by atoms with Crippen LogP contribution in [0.3, 0.4) is 0 Å². The lowest BCUT2D eigenvalue weighted by molar-refractivity contribution is -0.384. The van der Waals surface area contributed by atoms with E-state index in [0.29, 0.717) is 11.1 Å². The molecule has 1 unspecified atom stereocenters. The number of nitrogens with one attached hydrogen (secondary N) is 1. The van der Waals surface area contributed by atoms with Gasteiger partial charge in [0, 0.05) is 18.2 Å². The van der Waals surface area contributed by atoms with E-state index in [-0.39, 0.29) is 17.8 Å². The second-order valence-electron chi connectivity index (χ2n) is 6.76. The molecular formula is C22H20F2N2O2. The quantitative estimate of drug-likeness (QED) is 0.445. The summed E-state index contributed by atoms with van der Waals surface area (Å²) in [6.45, 7) is 3.81. The van der Waals surface area contributed by atoms with Gasteiger partial charge in [0.1, 0.15) is 0 Å². The van der Waals surface area contributed by atoms with Crippen LogP contribution in [0.5, 0.6) is 0 Å². The van der Waals surface area contributed by atoms with Gasteiger partial charge in [-0.15, -0.1) is 0 Å². The van der Waals surface area contributed by atoms with Crippen LogP contribution < -0.4 is 5.32 Å². The SMILES string of the molecule is Cc1ccc(C(N[C@H](C)c2ccc(F)c(F)c2)c2cccc([N+](=O)[O-])c2)cc1. The van der Waals surface area contributed by atoms with E-state index in [1.54, 1.807) is 6.07 Å². The molecule has 0 saturated carbocycles. The molecule has 0 amide bonds. The highest BCUT2D eigenvalue weighted by Gasteiger charge is 2.20. The van der Waals surface area contributed by atoms with Crippen LogP contribution >= 0.6 is 0 Å². The highest BCUT2D eigenvalue weighted by atomic mass is 19.2. The number of nitro benzene ring substituents is 1. The summed E-state index contributed by atoms with van der Waals surface area (Å²) >= 11 is 0. The van der Waals surface area contributed by atoms with Gasteiger partial charge in [-0.2, -0.15) is 0 Å². The summed E-state index contributed by atoms with van der Waals surface area (Å²) in [5.74, 6) is -1.81. The van der Waals surface area contributed by atoms with Crippen LogP contribution in [0.4, 0.5) is 14.5 Å². The van der Waals surface area contributed by atoms with Gasteiger partial charge in [0.15, 0.2) is 11.6 Å². The van der Waals surface area contributed by atoms with Crippen molar-refractivity contribution < 1.29 is 13.7 Å². The van der Waals surface area contributed by atoms with E-state index in [1.165, 1.54) is 18.2 Å². The lowest BCUT2D eigenvalue weighted by Crippen LogP contribution is -2.26. The minimum atomic E-state index is -0.909. The smallest absolute Gasteiger partial charge is 0.269 e. The Bertz CT molecular complexity index is 990. The van der Waals surface area contributed by atoms with E-state index in [2.05, 4.69) is 5.32 Å². The fraction of sp³-hybridized carbons (Fsp3) is 0.182. The highest BCUT2D eigenvalue weighted by molar-refractivity contribution is 5.41. The Balaban J connectivity index is 1.98. The Morgan fingerprint density at radius 3 is 2.21 bits per heavy atom. The molecule has 0 aromatic heterocycles. The third-order valence-electron chi connectivity index (χ3n) is 4.69. The maximum atomic E-state index is 13.6. The van der Waals surface area contributed by atoms with Gasteiger partial charge in [-0.3, -0.25) is 15.4 Å². The lowest BCUT2D eigenvalue weighted by Gasteiger charge is -2.25. The number of benzene rings is 3. The van der Waals surface area contributed by atoms with Gasteiger partial charge < -0.3 is 0 Å². The van der Waals surface area contributed by atoms with Crippen molar-refractivity contribution in [3.63, 3.8) is 0 Å². The molecule has 144 valence electrons. The molecule has 0 saturated heterocycles. The second kappa shape index (κ2) is 8.27. The first kappa shape index (κ1) is 19.6. The number of hydrogen-bond acceptors (Lipinski definition) is 3. The van der Waals surface area contributed by atoms with Crippen LogP contribution in [0.1, 0.15) is 41.3 Å². The van der Waals surface area contributed by atoms with Crippen molar-refractivity contribution >= 4 is 5.69 Å². The second-order valence-corrected chi connectivity index (χ2v) is 6.76. The van der Waals surface area contributed by atoms with Crippen LogP contribution in [0.15, 0.2) is 66.7 Å². The van der Waals surface area contributed by atoms with E-state index in [0.717, 1.165) is 23.3 Å². The average Bonchev–Trinajstić information content (AvgIpc) is 2.69. The first-order chi connectivity index (χ1) is 13.3. The number of non-ortho nitro benzene ring substituents is 1. The maximum Gasteiger partial charge on any atom is 0.269 e. The highest BCUT2D eigenvalue weighted by Crippen LogP contribution is 2.29. The van der Waals surface area contributed by atoms with Crippen LogP contribution in [0.2, 0.25) is 0 Å². The van der Waals surface area contributed by atoms with Crippen LogP contribution in [0, 0.1) is 28.7 Å². The molecule has 3 aromatic carbocycles. The number of nitrogens with zero attached hydrogens (tertiary/aromatic N) is 1. The summed E-state index contributed by atoms with van der Waals surface area (Å²) in [5, 5.41) is 14.6. The zero-order chi connectivity index (χ0) is 20.3. The van der Waals surface area contributed by atoms with E-state index < -0.39 is 16.6 Å². The minimum absolute atomic E-state index is 0.00288. The third-order valence-corrected chi connectivity index (χ3v) is 4.69. The van der Waals surface area contributed by atoms with Crippen LogP contribution in [0.25, 0.3) is 0 Å². The molecule has 2 atom stereocenters. The molecule has 3 aromatic rings. The zero-order valence-electron chi connectivity index (χ0n) is 15.5. The molecule has 0 fully saturated rings. The van der Waals surface area contributed by atoms with Gasteiger partial charge in [0.05, 0.1) is 11.0 Å². The maximum absolute atomic E-state index is 13.6. The van der Waals surface area contributed by atoms with Crippen molar-refractivity contribution in [1.82, 2.24) is 5.32 Å². The predicted molar refractivity (Wildman–Crippen MR) is 104 cm³/mol. The zero-order valence-corrected chi connectivity index (χ0v) is 15.5. The summed E-state index contributed by atoms with van der Waals surface area (Å²) in [7, 11) is 0. The van der Waals surface area contributed by atoms with Gasteiger partial charge in [-0.1, -0.05) is 48.0 Å². The van der Waals surface area contributed by atoms with Gasteiger partial charge in [0.2, 0.25) is 0 Å². The van der Waals surface area contributed by atoms with Gasteiger partial charge in [0.25, 0.3) is 5.69 Å². The fourth-order valence-corrected chi connectivity index (χ4v) is 3.09. The Hall–Kier alpha value is -3.12. The molecule has 1 N–H and O–H groups in total. The Kier molecular flexibility index (Phi) is 5.80. The molecule has 28 heavy (non-hydrogen) atoms. The summed E-state index contributed by atoms with van der Waals surface area (Å²) < 4.78 is 26.9. The van der Waals surface area contributed by atoms with Crippen molar-refractivity contribution in [3.05, 3.63) is 111 Å². The number of aryl methyl sites for hydroxylation is 1. The van der Waals surface area contributed by atoms with Crippen LogP contribution in [-0.2, 0) is 0 Å². The van der Waals surface area contributed by atoms with E-state index in [9.17, 15) is 18.9 Å². The van der Waals surface area contributed by atoms with Crippen LogP contribution in [-0.4, -0.2) is 4.92 Å². The van der Waals surface area contributed by atoms with Crippen molar-refractivity contribution in [2.75, 3.05) is 0 Å². The Morgan fingerprint density at radius 2 is 1.57 bits per heavy atom. The summed E-state index contributed by atoms with van der Waals surface area (Å²) in [5.41, 5.74) is 3.31. The summed E-state index contributed by atoms with van der Waals surface area (Å²) in [6, 6.07) is 17.3. The van der Waals surface area contributed by atoms with Crippen molar-refractivity contribution in [2.24, 2.45) is 0 Å². The summed E-state index contributed by atoms with van der Waals surface area (Å²) in [4.78, 5) is 10.7. The molecule has 0 aliphatic rings. The minimum Gasteiger partial charge on any atom is -0.300 e. The largest absolute Gasteiger partial charge is 0.300 e. The molecule has 0 spiro atoms. The summed E-state index contributed by atoms with van der Waals surface area (Å²) in [6.07, 6.45) is 0. The van der Waals surface area contributed by atoms with Crippen molar-refractivity contribution in [3.8, 4) is 0 Å².